The van der Waals surface area contributed by atoms with Gasteiger partial charge in [-0.1, -0.05) is 0 Å². The van der Waals surface area contributed by atoms with Gasteiger partial charge in [0.15, 0.2) is 5.82 Å². The summed E-state index contributed by atoms with van der Waals surface area (Å²) >= 11 is 0. The Balaban J connectivity index is 2.70. The summed E-state index contributed by atoms with van der Waals surface area (Å²) in [4.78, 5) is 5.97. The molecule has 2 rings (SSSR count). The topological polar surface area (TPSA) is 44.8 Å². The van der Waals surface area contributed by atoms with Gasteiger partial charge in [0.05, 0.1) is 11.7 Å². The third kappa shape index (κ3) is 0.922. The Hall–Kier alpha value is -1.58. The summed E-state index contributed by atoms with van der Waals surface area (Å²) in [5.41, 5.74) is 0.973. The number of H-pyrrole nitrogens is 1. The first-order chi connectivity index (χ1) is 5.79. The lowest BCUT2D eigenvalue weighted by atomic mass is 10.3. The lowest BCUT2D eigenvalue weighted by Crippen LogP contribution is -2.09. The molecule has 0 aliphatic rings. The number of aromatic amines is 1. The monoisotopic (exact) mass is 162 g/mol. The van der Waals surface area contributed by atoms with Gasteiger partial charge >= 0.3 is 0 Å². The molecule has 4 nitrogen and oxygen atoms in total. The number of nitrogens with one attached hydrogen (secondary N) is 1. The molecule has 0 radical (unpaired) electrons. The van der Waals surface area contributed by atoms with E-state index in [4.69, 9.17) is 0 Å². The number of aromatic nitrogens is 3. The lowest BCUT2D eigenvalue weighted by molar-refractivity contribution is 1.02. The maximum absolute atomic E-state index is 4.16. The molecule has 0 aromatic carbocycles. The van der Waals surface area contributed by atoms with Gasteiger partial charge in [0, 0.05) is 25.7 Å². The Morgan fingerprint density at radius 3 is 3.00 bits per heavy atom. The first-order valence-electron chi connectivity index (χ1n) is 3.74. The van der Waals surface area contributed by atoms with E-state index in [1.807, 2.05) is 25.1 Å². The molecule has 0 spiro atoms. The molecule has 62 valence electrons. The van der Waals surface area contributed by atoms with E-state index in [1.165, 1.54) is 0 Å². The summed E-state index contributed by atoms with van der Waals surface area (Å²) in [5, 5.41) is 8.18. The van der Waals surface area contributed by atoms with Crippen LogP contribution in [-0.2, 0) is 0 Å². The van der Waals surface area contributed by atoms with Crippen LogP contribution in [0, 0.1) is 0 Å². The van der Waals surface area contributed by atoms with Crippen LogP contribution in [0.5, 0.6) is 0 Å². The summed E-state index contributed by atoms with van der Waals surface area (Å²) in [5.74, 6) is 0.951. The number of anilines is 1. The maximum atomic E-state index is 4.16. The van der Waals surface area contributed by atoms with E-state index in [1.54, 1.807) is 12.4 Å². The van der Waals surface area contributed by atoms with Crippen molar-refractivity contribution in [1.82, 2.24) is 15.2 Å². The predicted octanol–water partition coefficient (Wildman–Crippen LogP) is 1.02. The molecule has 1 N–H and O–H groups in total. The number of rotatable bonds is 1. The molecule has 0 saturated heterocycles. The van der Waals surface area contributed by atoms with E-state index in [2.05, 4.69) is 15.2 Å². The molecule has 0 amide bonds. The molecule has 0 unspecified atom stereocenters. The van der Waals surface area contributed by atoms with Crippen molar-refractivity contribution in [3.63, 3.8) is 0 Å². The van der Waals surface area contributed by atoms with Crippen LogP contribution in [0.25, 0.3) is 10.9 Å². The highest BCUT2D eigenvalue weighted by Gasteiger charge is 2.05. The molecule has 2 aromatic rings. The molecular weight excluding hydrogens is 152 g/mol. The Bertz CT molecular complexity index is 391. The van der Waals surface area contributed by atoms with Gasteiger partial charge in [0.1, 0.15) is 0 Å². The highest BCUT2D eigenvalue weighted by Crippen LogP contribution is 2.20. The lowest BCUT2D eigenvalue weighted by Gasteiger charge is -2.07. The Kier molecular flexibility index (Phi) is 1.46. The van der Waals surface area contributed by atoms with Crippen molar-refractivity contribution in [2.75, 3.05) is 19.0 Å². The van der Waals surface area contributed by atoms with Gasteiger partial charge in [-0.25, -0.2) is 0 Å². The van der Waals surface area contributed by atoms with E-state index in [0.717, 1.165) is 16.7 Å². The normalized spacial score (nSPS) is 10.5. The molecule has 12 heavy (non-hydrogen) atoms. The average molecular weight is 162 g/mol. The molecular formula is C8H10N4. The Labute approximate surface area is 70.2 Å². The fourth-order valence-corrected chi connectivity index (χ4v) is 1.19. The van der Waals surface area contributed by atoms with Crippen LogP contribution in [-0.4, -0.2) is 29.3 Å². The summed E-state index contributed by atoms with van der Waals surface area (Å²) < 4.78 is 0. The van der Waals surface area contributed by atoms with Crippen LogP contribution < -0.4 is 4.90 Å². The predicted molar refractivity (Wildman–Crippen MR) is 48.2 cm³/mol. The molecule has 0 aliphatic carbocycles. The quantitative estimate of drug-likeness (QED) is 0.681. The second kappa shape index (κ2) is 2.48. The summed E-state index contributed by atoms with van der Waals surface area (Å²) in [6.07, 6.45) is 3.54. The van der Waals surface area contributed by atoms with Gasteiger partial charge in [0.2, 0.25) is 0 Å². The molecule has 4 heteroatoms. The van der Waals surface area contributed by atoms with Crippen molar-refractivity contribution in [1.29, 1.82) is 0 Å². The van der Waals surface area contributed by atoms with Crippen molar-refractivity contribution in [3.05, 3.63) is 18.5 Å². The fourth-order valence-electron chi connectivity index (χ4n) is 1.19. The zero-order chi connectivity index (χ0) is 8.55. The minimum absolute atomic E-state index is 0.951. The third-order valence-electron chi connectivity index (χ3n) is 1.77. The minimum atomic E-state index is 0.951. The Morgan fingerprint density at radius 1 is 1.42 bits per heavy atom. The first kappa shape index (κ1) is 7.09. The van der Waals surface area contributed by atoms with Crippen LogP contribution >= 0.6 is 0 Å². The Morgan fingerprint density at radius 2 is 2.25 bits per heavy atom. The SMILES string of the molecule is CN(C)c1n[nH]c2cnccc12. The molecule has 0 atom stereocenters. The van der Waals surface area contributed by atoms with Crippen LogP contribution in [0.1, 0.15) is 0 Å². The highest BCUT2D eigenvalue weighted by atomic mass is 15.2. The van der Waals surface area contributed by atoms with Crippen LogP contribution in [0.4, 0.5) is 5.82 Å². The first-order valence-corrected chi connectivity index (χ1v) is 3.74. The maximum Gasteiger partial charge on any atom is 0.157 e. The second-order valence-corrected chi connectivity index (χ2v) is 2.86. The smallest absolute Gasteiger partial charge is 0.157 e. The highest BCUT2D eigenvalue weighted by molar-refractivity contribution is 5.89. The number of hydrogen-bond donors (Lipinski definition) is 1. The number of hydrogen-bond acceptors (Lipinski definition) is 3. The average Bonchev–Trinajstić information content (AvgIpc) is 2.47. The second-order valence-electron chi connectivity index (χ2n) is 2.86. The van der Waals surface area contributed by atoms with Gasteiger partial charge in [-0.2, -0.15) is 5.10 Å². The standard InChI is InChI=1S/C8H10N4/c1-12(2)8-6-3-4-9-5-7(6)10-11-8/h3-5H,1-2H3,(H,10,11). The fraction of sp³-hybridized carbons (Fsp3) is 0.250. The minimum Gasteiger partial charge on any atom is -0.361 e. The molecule has 2 heterocycles. The summed E-state index contributed by atoms with van der Waals surface area (Å²) in [6, 6.07) is 1.95. The van der Waals surface area contributed by atoms with Crippen molar-refractivity contribution in [3.8, 4) is 0 Å². The zero-order valence-electron chi connectivity index (χ0n) is 7.07. The van der Waals surface area contributed by atoms with Gasteiger partial charge < -0.3 is 4.90 Å². The summed E-state index contributed by atoms with van der Waals surface area (Å²) in [6.45, 7) is 0. The van der Waals surface area contributed by atoms with Crippen molar-refractivity contribution in [2.24, 2.45) is 0 Å². The van der Waals surface area contributed by atoms with Crippen molar-refractivity contribution in [2.45, 2.75) is 0 Å². The van der Waals surface area contributed by atoms with Crippen LogP contribution in [0.3, 0.4) is 0 Å². The molecule has 2 aromatic heterocycles. The van der Waals surface area contributed by atoms with Crippen molar-refractivity contribution >= 4 is 16.7 Å². The van der Waals surface area contributed by atoms with E-state index in [9.17, 15) is 0 Å². The molecule has 0 aliphatic heterocycles. The molecule has 0 saturated carbocycles. The number of nitrogens with zero attached hydrogens (tertiary/aromatic N) is 3. The van der Waals surface area contributed by atoms with Gasteiger partial charge in [-0.3, -0.25) is 10.1 Å². The number of pyridine rings is 1. The van der Waals surface area contributed by atoms with Gasteiger partial charge in [-0.15, -0.1) is 0 Å². The molecule has 0 fully saturated rings. The van der Waals surface area contributed by atoms with Crippen molar-refractivity contribution < 1.29 is 0 Å². The largest absolute Gasteiger partial charge is 0.361 e. The number of fused-ring (bicyclic) bond motifs is 1. The van der Waals surface area contributed by atoms with Gasteiger partial charge in [0.25, 0.3) is 0 Å². The third-order valence-corrected chi connectivity index (χ3v) is 1.77. The van der Waals surface area contributed by atoms with E-state index >= 15 is 0 Å². The van der Waals surface area contributed by atoms with Crippen LogP contribution in [0.2, 0.25) is 0 Å². The summed E-state index contributed by atoms with van der Waals surface area (Å²) in [7, 11) is 3.94. The van der Waals surface area contributed by atoms with E-state index in [-0.39, 0.29) is 0 Å². The van der Waals surface area contributed by atoms with E-state index in [0.29, 0.717) is 0 Å². The van der Waals surface area contributed by atoms with E-state index < -0.39 is 0 Å². The molecule has 0 bridgehead atoms. The van der Waals surface area contributed by atoms with Crippen LogP contribution in [0.15, 0.2) is 18.5 Å². The zero-order valence-corrected chi connectivity index (χ0v) is 7.07. The van der Waals surface area contributed by atoms with Gasteiger partial charge in [-0.05, 0) is 6.07 Å².